The minimum atomic E-state index is -1.40. The minimum Gasteiger partial charge on any atom is -0.333 e. The van der Waals surface area contributed by atoms with Gasteiger partial charge in [-0.3, -0.25) is 4.98 Å². The first-order valence-electron chi connectivity index (χ1n) is 22.2. The number of thiophene rings is 1. The van der Waals surface area contributed by atoms with E-state index < -0.39 is 8.07 Å². The van der Waals surface area contributed by atoms with Crippen LogP contribution in [0.4, 0.5) is 0 Å². The summed E-state index contributed by atoms with van der Waals surface area (Å²) in [7, 11) is -1.40. The molecule has 0 saturated heterocycles. The van der Waals surface area contributed by atoms with E-state index in [1.54, 1.807) is 6.07 Å². The topological polar surface area (TPSA) is 54.5 Å². The summed E-state index contributed by atoms with van der Waals surface area (Å²) in [5, 5.41) is 12.9. The van der Waals surface area contributed by atoms with E-state index in [1.807, 2.05) is 23.5 Å². The monoisotopic (exact) mass is 1050 g/mol. The van der Waals surface area contributed by atoms with Gasteiger partial charge in [0.1, 0.15) is 0 Å². The summed E-state index contributed by atoms with van der Waals surface area (Å²) < 4.78 is 4.97. The van der Waals surface area contributed by atoms with Crippen molar-refractivity contribution in [3.63, 3.8) is 0 Å². The first-order chi connectivity index (χ1) is 30.2. The number of nitrogens with zero attached hydrogens (tertiary/aromatic N) is 4. The number of fused-ring (bicyclic) bond motifs is 4. The molecule has 325 valence electrons. The van der Waals surface area contributed by atoms with Crippen molar-refractivity contribution in [2.45, 2.75) is 86.4 Å². The third-order valence-corrected chi connectivity index (χ3v) is 15.0. The molecule has 0 fully saturated rings. The molecular formula is C57H56IrN4SSi-2. The molecule has 0 aliphatic carbocycles. The van der Waals surface area contributed by atoms with Gasteiger partial charge in [-0.05, 0) is 116 Å². The number of para-hydroxylation sites is 2. The van der Waals surface area contributed by atoms with Gasteiger partial charge in [-0.25, -0.2) is 5.26 Å². The Morgan fingerprint density at radius 2 is 1.47 bits per heavy atom. The molecule has 0 bridgehead atoms. The van der Waals surface area contributed by atoms with Gasteiger partial charge in [0.2, 0.25) is 0 Å². The van der Waals surface area contributed by atoms with E-state index in [1.165, 1.54) is 64.4 Å². The Labute approximate surface area is 398 Å². The Balaban J connectivity index is 0.000000227. The first kappa shape index (κ1) is 46.5. The number of nitriles is 1. The van der Waals surface area contributed by atoms with Crippen LogP contribution in [0.15, 0.2) is 128 Å². The molecule has 9 rings (SSSR count). The fourth-order valence-corrected chi connectivity index (χ4v) is 11.5. The molecule has 6 aromatic carbocycles. The van der Waals surface area contributed by atoms with Crippen LogP contribution >= 0.6 is 11.3 Å². The Hall–Kier alpha value is -5.48. The second-order valence-electron chi connectivity index (χ2n) is 18.8. The van der Waals surface area contributed by atoms with Crippen molar-refractivity contribution in [2.24, 2.45) is 5.92 Å². The molecule has 0 unspecified atom stereocenters. The Morgan fingerprint density at radius 1 is 0.766 bits per heavy atom. The average Bonchev–Trinajstić information content (AvgIpc) is 3.84. The van der Waals surface area contributed by atoms with Crippen molar-refractivity contribution in [2.75, 3.05) is 0 Å². The number of hydrogen-bond acceptors (Lipinski definition) is 4. The van der Waals surface area contributed by atoms with Crippen LogP contribution in [-0.4, -0.2) is 22.6 Å². The summed E-state index contributed by atoms with van der Waals surface area (Å²) in [4.78, 5) is 9.98. The molecule has 4 nitrogen and oxygen atoms in total. The van der Waals surface area contributed by atoms with Crippen LogP contribution in [0.25, 0.3) is 70.7 Å². The normalized spacial score (nSPS) is 11.6. The standard InChI is InChI=1S/C38H33N2S.C19H23N2Si.Ir/c1-23(2)31-21-27(26-12-7-6-8-13-26)22-32(24(3)4)36(31)40-34-17-10-9-16-33(34)39-38(40)30-15-11-14-29-28-19-18-25(5)20-35(28)41-37(29)30;1-14(2)10-17-11-18(21-13-19(17)22(3,4)5)16-8-6-15(12-20)7-9-16;/h6-14,16-24H,1-5H3;6-8,11,13-14H,10H2,1-5H3;/q2*-1;. The number of pyridine rings is 1. The Kier molecular flexibility index (Phi) is 14.0. The average molecular weight is 1050 g/mol. The maximum Gasteiger partial charge on any atom is 0.0798 e. The zero-order valence-electron chi connectivity index (χ0n) is 38.6. The molecule has 0 amide bonds. The smallest absolute Gasteiger partial charge is 0.0798 e. The molecule has 0 atom stereocenters. The van der Waals surface area contributed by atoms with Crippen LogP contribution in [0.1, 0.15) is 81.2 Å². The predicted molar refractivity (Wildman–Crippen MR) is 271 cm³/mol. The maximum absolute atomic E-state index is 8.89. The number of aryl methyl sites for hydroxylation is 1. The molecule has 0 saturated carbocycles. The summed E-state index contributed by atoms with van der Waals surface area (Å²) in [6, 6.07) is 51.7. The second-order valence-corrected chi connectivity index (χ2v) is 24.9. The number of imidazole rings is 1. The summed E-state index contributed by atoms with van der Waals surface area (Å²) in [6.45, 7) is 23.0. The van der Waals surface area contributed by atoms with Gasteiger partial charge in [-0.1, -0.05) is 138 Å². The Bertz CT molecular complexity index is 3100. The summed E-state index contributed by atoms with van der Waals surface area (Å²) in [6.07, 6.45) is 3.14. The maximum atomic E-state index is 8.89. The van der Waals surface area contributed by atoms with Gasteiger partial charge in [0.15, 0.2) is 0 Å². The zero-order valence-corrected chi connectivity index (χ0v) is 42.8. The van der Waals surface area contributed by atoms with Crippen LogP contribution in [0.5, 0.6) is 0 Å². The van der Waals surface area contributed by atoms with Crippen molar-refractivity contribution < 1.29 is 20.1 Å². The molecule has 3 heterocycles. The molecule has 1 radical (unpaired) electrons. The SMILES string of the molecule is CC(C)Cc1cc(-c2[c-]cc(C#N)cc2)ncc1[Si](C)(C)C.Cc1ccc2c(c1)sc1c(-c3nc4ccccc4n3-c3c(C(C)C)cc(-c4ccccc4)cc3C(C)C)[c-]ccc12.[Ir]. The van der Waals surface area contributed by atoms with Gasteiger partial charge >= 0.3 is 0 Å². The van der Waals surface area contributed by atoms with E-state index in [9.17, 15) is 0 Å². The van der Waals surface area contributed by atoms with Gasteiger partial charge in [-0.15, -0.1) is 48.0 Å². The van der Waals surface area contributed by atoms with Crippen molar-refractivity contribution in [1.29, 1.82) is 5.26 Å². The van der Waals surface area contributed by atoms with Crippen LogP contribution in [-0.2, 0) is 26.5 Å². The van der Waals surface area contributed by atoms with E-state index in [0.29, 0.717) is 23.3 Å². The molecule has 7 heteroatoms. The van der Waals surface area contributed by atoms with E-state index in [2.05, 4.69) is 205 Å². The molecule has 3 aromatic heterocycles. The van der Waals surface area contributed by atoms with Crippen molar-refractivity contribution in [3.8, 4) is 45.5 Å². The zero-order chi connectivity index (χ0) is 44.6. The number of aromatic nitrogens is 3. The van der Waals surface area contributed by atoms with E-state index in [-0.39, 0.29) is 20.1 Å². The van der Waals surface area contributed by atoms with Gasteiger partial charge in [0, 0.05) is 42.8 Å². The second kappa shape index (κ2) is 19.3. The van der Waals surface area contributed by atoms with Crippen molar-refractivity contribution >= 4 is 55.8 Å². The Morgan fingerprint density at radius 3 is 2.11 bits per heavy atom. The van der Waals surface area contributed by atoms with Gasteiger partial charge in [-0.2, -0.15) is 11.3 Å². The third kappa shape index (κ3) is 9.48. The van der Waals surface area contributed by atoms with E-state index in [0.717, 1.165) is 40.1 Å². The molecule has 64 heavy (non-hydrogen) atoms. The fraction of sp³-hybridized carbons (Fsp3) is 0.246. The van der Waals surface area contributed by atoms with Gasteiger partial charge < -0.3 is 9.55 Å². The number of benzene rings is 6. The molecule has 0 aliphatic heterocycles. The molecule has 9 aromatic rings. The predicted octanol–water partition coefficient (Wildman–Crippen LogP) is 15.2. The summed E-state index contributed by atoms with van der Waals surface area (Å²) >= 11 is 1.85. The minimum absolute atomic E-state index is 0. The summed E-state index contributed by atoms with van der Waals surface area (Å²) in [5.74, 6) is 2.23. The largest absolute Gasteiger partial charge is 0.333 e. The summed E-state index contributed by atoms with van der Waals surface area (Å²) in [5.41, 5.74) is 14.8. The number of hydrogen-bond donors (Lipinski definition) is 0. The van der Waals surface area contributed by atoms with Gasteiger partial charge in [0.05, 0.1) is 24.9 Å². The van der Waals surface area contributed by atoms with Crippen LogP contribution < -0.4 is 5.19 Å². The number of rotatable bonds is 9. The van der Waals surface area contributed by atoms with Crippen molar-refractivity contribution in [3.05, 3.63) is 167 Å². The van der Waals surface area contributed by atoms with Crippen molar-refractivity contribution in [1.82, 2.24) is 14.5 Å². The van der Waals surface area contributed by atoms with Gasteiger partial charge in [0.25, 0.3) is 0 Å². The molecule has 0 N–H and O–H groups in total. The van der Waals surface area contributed by atoms with Crippen LogP contribution in [0.2, 0.25) is 19.6 Å². The fourth-order valence-electron chi connectivity index (χ4n) is 8.63. The quantitative estimate of drug-likeness (QED) is 0.107. The molecule has 0 spiro atoms. The van der Waals surface area contributed by atoms with Crippen LogP contribution in [0, 0.1) is 36.3 Å². The molecular weight excluding hydrogens is 993 g/mol. The molecule has 0 aliphatic rings. The van der Waals surface area contributed by atoms with E-state index >= 15 is 0 Å². The van der Waals surface area contributed by atoms with Crippen LogP contribution in [0.3, 0.4) is 0 Å². The van der Waals surface area contributed by atoms with E-state index in [4.69, 9.17) is 10.2 Å². The first-order valence-corrected chi connectivity index (χ1v) is 26.5. The third-order valence-electron chi connectivity index (χ3n) is 11.8.